The zero-order chi connectivity index (χ0) is 19.9. The highest BCUT2D eigenvalue weighted by Crippen LogP contribution is 2.27. The molecule has 5 atom stereocenters. The average Bonchev–Trinajstić information content (AvgIpc) is 2.61. The highest BCUT2D eigenvalue weighted by atomic mass is 16.6. The zero-order valence-electron chi connectivity index (χ0n) is 14.7. The van der Waals surface area contributed by atoms with Gasteiger partial charge in [-0.05, 0) is 31.5 Å². The van der Waals surface area contributed by atoms with Gasteiger partial charge in [0.05, 0.1) is 6.61 Å². The Kier molecular flexibility index (Phi) is 5.31. The average molecular weight is 379 g/mol. The smallest absolute Gasteiger partial charge is 0.347 e. The number of hydrogen-bond donors (Lipinski definition) is 5. The maximum Gasteiger partial charge on any atom is 0.347 e. The minimum atomic E-state index is -1.48. The van der Waals surface area contributed by atoms with Crippen molar-refractivity contribution in [2.45, 2.75) is 44.5 Å². The minimum Gasteiger partial charge on any atom is -0.422 e. The molecule has 0 radical (unpaired) electrons. The number of Topliss-reactive ketones (excluding diaryl/α,β-unsaturated/α-hetero) is 1. The maximum absolute atomic E-state index is 12.0. The van der Waals surface area contributed by atoms with Crippen LogP contribution in [0.1, 0.15) is 22.8 Å². The Labute approximate surface area is 153 Å². The van der Waals surface area contributed by atoms with Crippen molar-refractivity contribution in [3.05, 3.63) is 39.7 Å². The van der Waals surface area contributed by atoms with Gasteiger partial charge >= 0.3 is 5.63 Å². The first-order valence-corrected chi connectivity index (χ1v) is 8.40. The van der Waals surface area contributed by atoms with E-state index in [0.717, 1.165) is 0 Å². The Bertz CT molecular complexity index is 923. The summed E-state index contributed by atoms with van der Waals surface area (Å²) in [4.78, 5) is 23.7. The zero-order valence-corrected chi connectivity index (χ0v) is 14.7. The molecule has 1 aliphatic rings. The van der Waals surface area contributed by atoms with E-state index >= 15 is 0 Å². The molecule has 1 aromatic heterocycles. The number of hydrogen-bond acceptors (Lipinski definition) is 9. The molecule has 9 heteroatoms. The van der Waals surface area contributed by atoms with Gasteiger partial charge in [0, 0.05) is 17.1 Å². The van der Waals surface area contributed by atoms with Crippen LogP contribution in [-0.2, 0) is 4.74 Å². The van der Waals surface area contributed by atoms with Crippen molar-refractivity contribution < 1.29 is 34.4 Å². The molecule has 27 heavy (non-hydrogen) atoms. The number of ether oxygens (including phenoxy) is 1. The number of rotatable bonds is 4. The number of carbonyl (C=O) groups excluding carboxylic acids is 1. The molecule has 1 aliphatic heterocycles. The largest absolute Gasteiger partial charge is 0.422 e. The Morgan fingerprint density at radius 3 is 2.56 bits per heavy atom. The molecule has 0 bridgehead atoms. The first kappa shape index (κ1) is 19.5. The number of benzene rings is 1. The number of fused-ring (bicyclic) bond motifs is 1. The summed E-state index contributed by atoms with van der Waals surface area (Å²) >= 11 is 0. The van der Waals surface area contributed by atoms with Crippen molar-refractivity contribution in [3.63, 3.8) is 0 Å². The first-order chi connectivity index (χ1) is 12.7. The van der Waals surface area contributed by atoms with Gasteiger partial charge < -0.3 is 34.9 Å². The number of aliphatic hydroxyl groups is 4. The van der Waals surface area contributed by atoms with E-state index in [-0.39, 0.29) is 16.9 Å². The van der Waals surface area contributed by atoms with Crippen LogP contribution >= 0.6 is 0 Å². The van der Waals surface area contributed by atoms with Crippen LogP contribution in [0.3, 0.4) is 0 Å². The van der Waals surface area contributed by atoms with E-state index in [1.54, 1.807) is 19.1 Å². The lowest BCUT2D eigenvalue weighted by Crippen LogP contribution is -2.61. The molecule has 5 N–H and O–H groups in total. The van der Waals surface area contributed by atoms with Crippen molar-refractivity contribution in [2.75, 3.05) is 11.9 Å². The molecule has 0 saturated carbocycles. The topological polar surface area (TPSA) is 149 Å². The third kappa shape index (κ3) is 3.47. The minimum absolute atomic E-state index is 0.00657. The molecule has 2 aromatic rings. The lowest BCUT2D eigenvalue weighted by atomic mass is 9.96. The molecule has 0 spiro atoms. The predicted molar refractivity (Wildman–Crippen MR) is 94.6 cm³/mol. The predicted octanol–water partition coefficient (Wildman–Crippen LogP) is -0.484. The van der Waals surface area contributed by atoms with Gasteiger partial charge in [0.15, 0.2) is 12.1 Å². The molecule has 146 valence electrons. The van der Waals surface area contributed by atoms with Crippen molar-refractivity contribution in [1.29, 1.82) is 0 Å². The Balaban J connectivity index is 1.93. The van der Waals surface area contributed by atoms with E-state index in [1.807, 2.05) is 0 Å². The molecule has 4 unspecified atom stereocenters. The summed E-state index contributed by atoms with van der Waals surface area (Å²) in [5, 5.41) is 42.7. The second-order valence-electron chi connectivity index (χ2n) is 6.56. The van der Waals surface area contributed by atoms with Crippen LogP contribution in [-0.4, -0.2) is 63.5 Å². The standard InChI is InChI=1S/C18H21NO8/c1-7-10-4-3-9(5-11(10)26-17(24)13(7)8(2)21)19-14-16(23)15(22)12(6-20)27-18(14)25/h3-5,12,14-16,18-20,22-23,25H,6H2,1-2H3/t12?,14?,15-,16?,18?/m1/s1. The molecule has 0 aliphatic carbocycles. The van der Waals surface area contributed by atoms with E-state index in [9.17, 15) is 24.9 Å². The molecule has 3 rings (SSSR count). The Morgan fingerprint density at radius 1 is 1.22 bits per heavy atom. The number of nitrogens with one attached hydrogen (secondary N) is 1. The summed E-state index contributed by atoms with van der Waals surface area (Å²) in [5.74, 6) is -0.386. The van der Waals surface area contributed by atoms with Gasteiger partial charge in [0.25, 0.3) is 0 Å². The molecule has 0 amide bonds. The number of carbonyl (C=O) groups is 1. The van der Waals surface area contributed by atoms with Gasteiger partial charge in [-0.3, -0.25) is 4.79 Å². The summed E-state index contributed by atoms with van der Waals surface area (Å²) in [7, 11) is 0. The summed E-state index contributed by atoms with van der Waals surface area (Å²) < 4.78 is 10.3. The van der Waals surface area contributed by atoms with Crippen LogP contribution in [0.15, 0.2) is 27.4 Å². The molecule has 2 heterocycles. The number of ketones is 1. The SMILES string of the molecule is CC(=O)c1c(C)c2ccc(NC3C(O)OC(CO)[C@@H](O)C3O)cc2oc1=O. The van der Waals surface area contributed by atoms with Crippen molar-refractivity contribution in [3.8, 4) is 0 Å². The lowest BCUT2D eigenvalue weighted by Gasteiger charge is -2.40. The van der Waals surface area contributed by atoms with Crippen LogP contribution in [0.4, 0.5) is 5.69 Å². The van der Waals surface area contributed by atoms with E-state index < -0.39 is 42.9 Å². The highest BCUT2D eigenvalue weighted by Gasteiger charge is 2.43. The fourth-order valence-electron chi connectivity index (χ4n) is 3.30. The van der Waals surface area contributed by atoms with Gasteiger partial charge in [-0.1, -0.05) is 0 Å². The number of anilines is 1. The molecular weight excluding hydrogens is 358 g/mol. The first-order valence-electron chi connectivity index (χ1n) is 8.40. The van der Waals surface area contributed by atoms with Crippen molar-refractivity contribution >= 4 is 22.4 Å². The maximum atomic E-state index is 12.0. The number of aliphatic hydroxyl groups excluding tert-OH is 4. The third-order valence-electron chi connectivity index (χ3n) is 4.75. The van der Waals surface area contributed by atoms with Gasteiger partial charge in [-0.15, -0.1) is 0 Å². The molecule has 1 fully saturated rings. The quantitative estimate of drug-likeness (QED) is 0.350. The second-order valence-corrected chi connectivity index (χ2v) is 6.56. The van der Waals surface area contributed by atoms with Crippen LogP contribution in [0, 0.1) is 6.92 Å². The van der Waals surface area contributed by atoms with Gasteiger partial charge in [-0.25, -0.2) is 4.79 Å². The summed E-state index contributed by atoms with van der Waals surface area (Å²) in [6, 6.07) is 3.66. The van der Waals surface area contributed by atoms with E-state index in [4.69, 9.17) is 14.3 Å². The fourth-order valence-corrected chi connectivity index (χ4v) is 3.30. The van der Waals surface area contributed by atoms with E-state index in [1.165, 1.54) is 13.0 Å². The fraction of sp³-hybridized carbons (Fsp3) is 0.444. The second kappa shape index (κ2) is 7.37. The van der Waals surface area contributed by atoms with Gasteiger partial charge in [0.1, 0.15) is 35.5 Å². The third-order valence-corrected chi connectivity index (χ3v) is 4.75. The lowest BCUT2D eigenvalue weighted by molar-refractivity contribution is -0.245. The van der Waals surface area contributed by atoms with Crippen molar-refractivity contribution in [1.82, 2.24) is 0 Å². The van der Waals surface area contributed by atoms with E-state index in [2.05, 4.69) is 5.32 Å². The molecule has 1 saturated heterocycles. The van der Waals surface area contributed by atoms with Crippen molar-refractivity contribution in [2.24, 2.45) is 0 Å². The summed E-state index contributed by atoms with van der Waals surface area (Å²) in [6.07, 6.45) is -5.38. The molecule has 9 nitrogen and oxygen atoms in total. The van der Waals surface area contributed by atoms with Crippen LogP contribution in [0.5, 0.6) is 0 Å². The van der Waals surface area contributed by atoms with Crippen LogP contribution in [0.2, 0.25) is 0 Å². The van der Waals surface area contributed by atoms with Crippen LogP contribution < -0.4 is 10.9 Å². The van der Waals surface area contributed by atoms with Crippen LogP contribution in [0.25, 0.3) is 11.0 Å². The summed E-state index contributed by atoms with van der Waals surface area (Å²) in [5.41, 5.74) is 0.367. The monoisotopic (exact) mass is 379 g/mol. The van der Waals surface area contributed by atoms with Gasteiger partial charge in [-0.2, -0.15) is 0 Å². The van der Waals surface area contributed by atoms with E-state index in [0.29, 0.717) is 16.6 Å². The number of aryl methyl sites for hydroxylation is 1. The Hall–Kier alpha value is -2.30. The summed E-state index contributed by atoms with van der Waals surface area (Å²) in [6.45, 7) is 2.38. The molecule has 1 aromatic carbocycles. The molecular formula is C18H21NO8. The Morgan fingerprint density at radius 2 is 1.93 bits per heavy atom. The normalized spacial score (nSPS) is 28.3. The highest BCUT2D eigenvalue weighted by molar-refractivity contribution is 5.99. The van der Waals surface area contributed by atoms with Gasteiger partial charge in [0.2, 0.25) is 0 Å².